The molecule has 2 heterocycles. The summed E-state index contributed by atoms with van der Waals surface area (Å²) in [5.74, 6) is -0.0689. The van der Waals surface area contributed by atoms with Crippen LogP contribution in [-0.4, -0.2) is 17.4 Å². The molecular weight excluding hydrogens is 352 g/mol. The summed E-state index contributed by atoms with van der Waals surface area (Å²) < 4.78 is 0.614. The van der Waals surface area contributed by atoms with Crippen LogP contribution >= 0.6 is 27.5 Å². The predicted molar refractivity (Wildman–Crippen MR) is 88.2 cm³/mol. The lowest BCUT2D eigenvalue weighted by molar-refractivity contribution is 0.0988. The van der Waals surface area contributed by atoms with E-state index < -0.39 is 0 Å². The van der Waals surface area contributed by atoms with Crippen LogP contribution in [0.25, 0.3) is 0 Å². The fourth-order valence-corrected chi connectivity index (χ4v) is 3.26. The maximum Gasteiger partial charge on any atom is 0.261 e. The number of carbonyl (C=O) groups is 1. The number of carbonyl (C=O) groups excluding carboxylic acids is 1. The van der Waals surface area contributed by atoms with Gasteiger partial charge in [-0.3, -0.25) is 9.78 Å². The van der Waals surface area contributed by atoms with Crippen molar-refractivity contribution in [2.75, 3.05) is 11.4 Å². The molecule has 1 aromatic heterocycles. The van der Waals surface area contributed by atoms with Crippen LogP contribution in [-0.2, 0) is 6.42 Å². The van der Waals surface area contributed by atoms with Crippen LogP contribution in [0.4, 0.5) is 5.69 Å². The number of halogens is 2. The van der Waals surface area contributed by atoms with Gasteiger partial charge in [0.05, 0.1) is 20.8 Å². The van der Waals surface area contributed by atoms with E-state index in [-0.39, 0.29) is 5.91 Å². The van der Waals surface area contributed by atoms with E-state index in [0.717, 1.165) is 17.7 Å². The number of anilines is 1. The van der Waals surface area contributed by atoms with Crippen molar-refractivity contribution in [3.8, 4) is 0 Å². The van der Waals surface area contributed by atoms with Gasteiger partial charge in [-0.05, 0) is 53.4 Å². The van der Waals surface area contributed by atoms with E-state index in [9.17, 15) is 4.79 Å². The molecule has 0 fully saturated rings. The van der Waals surface area contributed by atoms with Gasteiger partial charge < -0.3 is 4.90 Å². The van der Waals surface area contributed by atoms with E-state index in [1.807, 2.05) is 13.8 Å². The van der Waals surface area contributed by atoms with Crippen molar-refractivity contribution in [3.05, 3.63) is 56.3 Å². The summed E-state index contributed by atoms with van der Waals surface area (Å²) in [6.45, 7) is 4.53. The zero-order valence-electron chi connectivity index (χ0n) is 11.8. The molecule has 3 rings (SSSR count). The molecule has 0 bridgehead atoms. The standard InChI is InChI=1S/C16H14BrClN2O/c1-9-3-4-11-5-6-20(13(11)7-9)16(21)12-8-19-10(2)15(18)14(12)17/h3-4,7-8H,5-6H2,1-2H3. The van der Waals surface area contributed by atoms with Gasteiger partial charge in [-0.15, -0.1) is 0 Å². The molecule has 1 aliphatic rings. The minimum absolute atomic E-state index is 0.0689. The highest BCUT2D eigenvalue weighted by atomic mass is 79.9. The van der Waals surface area contributed by atoms with Gasteiger partial charge in [-0.1, -0.05) is 23.7 Å². The second kappa shape index (κ2) is 5.43. The van der Waals surface area contributed by atoms with Crippen LogP contribution in [0, 0.1) is 13.8 Å². The summed E-state index contributed by atoms with van der Waals surface area (Å²) in [6, 6.07) is 6.22. The number of nitrogens with zero attached hydrogens (tertiary/aromatic N) is 2. The maximum atomic E-state index is 12.8. The Morgan fingerprint density at radius 2 is 2.14 bits per heavy atom. The molecule has 0 saturated heterocycles. The third kappa shape index (κ3) is 2.47. The second-order valence-electron chi connectivity index (χ2n) is 5.22. The van der Waals surface area contributed by atoms with Crippen molar-refractivity contribution in [1.29, 1.82) is 0 Å². The summed E-state index contributed by atoms with van der Waals surface area (Å²) in [7, 11) is 0. The van der Waals surface area contributed by atoms with Crippen LogP contribution in [0.5, 0.6) is 0 Å². The van der Waals surface area contributed by atoms with E-state index in [0.29, 0.717) is 27.3 Å². The molecule has 108 valence electrons. The van der Waals surface area contributed by atoms with Crippen molar-refractivity contribution in [3.63, 3.8) is 0 Å². The van der Waals surface area contributed by atoms with E-state index >= 15 is 0 Å². The Labute approximate surface area is 137 Å². The second-order valence-corrected chi connectivity index (χ2v) is 6.40. The van der Waals surface area contributed by atoms with Crippen LogP contribution in [0.15, 0.2) is 28.9 Å². The first-order valence-corrected chi connectivity index (χ1v) is 7.88. The Hall–Kier alpha value is -1.39. The molecule has 1 amide bonds. The van der Waals surface area contributed by atoms with Gasteiger partial charge in [0.2, 0.25) is 0 Å². The lowest BCUT2D eigenvalue weighted by Gasteiger charge is -2.19. The molecular formula is C16H14BrClN2O. The minimum atomic E-state index is -0.0689. The smallest absolute Gasteiger partial charge is 0.261 e. The van der Waals surface area contributed by atoms with Crippen LogP contribution in [0.2, 0.25) is 5.02 Å². The Bertz CT molecular complexity index is 745. The van der Waals surface area contributed by atoms with Crippen molar-refractivity contribution < 1.29 is 4.79 Å². The zero-order chi connectivity index (χ0) is 15.1. The summed E-state index contributed by atoms with van der Waals surface area (Å²) in [6.07, 6.45) is 2.47. The molecule has 0 unspecified atom stereocenters. The fourth-order valence-electron chi connectivity index (χ4n) is 2.55. The molecule has 2 aromatic rings. The average Bonchev–Trinajstić information content (AvgIpc) is 2.87. The summed E-state index contributed by atoms with van der Waals surface area (Å²) >= 11 is 9.59. The molecule has 0 aliphatic carbocycles. The summed E-state index contributed by atoms with van der Waals surface area (Å²) in [5, 5.41) is 0.490. The highest BCUT2D eigenvalue weighted by molar-refractivity contribution is 9.10. The third-order valence-corrected chi connectivity index (χ3v) is 5.26. The Kier molecular flexibility index (Phi) is 3.76. The molecule has 3 nitrogen and oxygen atoms in total. The molecule has 5 heteroatoms. The molecule has 0 saturated carbocycles. The number of hydrogen-bond acceptors (Lipinski definition) is 2. The summed E-state index contributed by atoms with van der Waals surface area (Å²) in [4.78, 5) is 18.8. The third-order valence-electron chi connectivity index (χ3n) is 3.75. The van der Waals surface area contributed by atoms with Gasteiger partial charge in [-0.2, -0.15) is 0 Å². The van der Waals surface area contributed by atoms with Gasteiger partial charge in [0, 0.05) is 18.4 Å². The number of hydrogen-bond donors (Lipinski definition) is 0. The fraction of sp³-hybridized carbons (Fsp3) is 0.250. The van der Waals surface area contributed by atoms with Gasteiger partial charge in [0.1, 0.15) is 0 Å². The number of benzene rings is 1. The van der Waals surface area contributed by atoms with Gasteiger partial charge in [0.25, 0.3) is 5.91 Å². The largest absolute Gasteiger partial charge is 0.308 e. The number of aryl methyl sites for hydroxylation is 2. The van der Waals surface area contributed by atoms with Crippen molar-refractivity contribution in [2.24, 2.45) is 0 Å². The lowest BCUT2D eigenvalue weighted by atomic mass is 10.1. The Balaban J connectivity index is 2.02. The summed E-state index contributed by atoms with van der Waals surface area (Å²) in [5.41, 5.74) is 4.55. The number of pyridine rings is 1. The van der Waals surface area contributed by atoms with Crippen molar-refractivity contribution in [2.45, 2.75) is 20.3 Å². The topological polar surface area (TPSA) is 33.2 Å². The monoisotopic (exact) mass is 364 g/mol. The lowest BCUT2D eigenvalue weighted by Crippen LogP contribution is -2.29. The molecule has 0 radical (unpaired) electrons. The molecule has 1 aromatic carbocycles. The molecule has 0 spiro atoms. The van der Waals surface area contributed by atoms with E-state index in [1.165, 1.54) is 5.56 Å². The highest BCUT2D eigenvalue weighted by Crippen LogP contribution is 2.33. The van der Waals surface area contributed by atoms with E-state index in [2.05, 4.69) is 39.1 Å². The first-order valence-electron chi connectivity index (χ1n) is 6.71. The SMILES string of the molecule is Cc1ccc2c(c1)N(C(=O)c1cnc(C)c(Cl)c1Br)CC2. The van der Waals surface area contributed by atoms with Crippen LogP contribution in [0.3, 0.4) is 0 Å². The van der Waals surface area contributed by atoms with Gasteiger partial charge in [-0.25, -0.2) is 0 Å². The van der Waals surface area contributed by atoms with E-state index in [1.54, 1.807) is 11.1 Å². The van der Waals surface area contributed by atoms with Crippen LogP contribution in [0.1, 0.15) is 27.2 Å². The molecule has 1 aliphatic heterocycles. The average molecular weight is 366 g/mol. The highest BCUT2D eigenvalue weighted by Gasteiger charge is 2.27. The van der Waals surface area contributed by atoms with Crippen molar-refractivity contribution >= 4 is 39.1 Å². The van der Waals surface area contributed by atoms with Crippen LogP contribution < -0.4 is 4.90 Å². The number of rotatable bonds is 1. The van der Waals surface area contributed by atoms with Gasteiger partial charge in [0.15, 0.2) is 0 Å². The molecule has 0 N–H and O–H groups in total. The zero-order valence-corrected chi connectivity index (χ0v) is 14.1. The Morgan fingerprint density at radius 1 is 1.38 bits per heavy atom. The number of fused-ring (bicyclic) bond motifs is 1. The normalized spacial score (nSPS) is 13.4. The molecule has 0 atom stereocenters. The van der Waals surface area contributed by atoms with E-state index in [4.69, 9.17) is 11.6 Å². The maximum absolute atomic E-state index is 12.8. The Morgan fingerprint density at radius 3 is 2.90 bits per heavy atom. The van der Waals surface area contributed by atoms with Crippen molar-refractivity contribution in [1.82, 2.24) is 4.98 Å². The quantitative estimate of drug-likeness (QED) is 0.754. The first kappa shape index (κ1) is 14.5. The van der Waals surface area contributed by atoms with Gasteiger partial charge >= 0.3 is 0 Å². The molecule has 21 heavy (non-hydrogen) atoms. The predicted octanol–water partition coefficient (Wildman–Crippen LogP) is 4.32. The minimum Gasteiger partial charge on any atom is -0.308 e. The number of amides is 1. The number of aromatic nitrogens is 1. The first-order chi connectivity index (χ1) is 9.99.